The maximum absolute atomic E-state index is 14.0. The third kappa shape index (κ3) is 5.19. The molecule has 5 rings (SSSR count). The van der Waals surface area contributed by atoms with Crippen molar-refractivity contribution in [3.63, 3.8) is 0 Å². The number of likely N-dealkylation sites (tertiary alicyclic amines) is 2. The second-order valence-corrected chi connectivity index (χ2v) is 10.5. The van der Waals surface area contributed by atoms with Crippen LogP contribution in [0.3, 0.4) is 0 Å². The molecule has 37 heavy (non-hydrogen) atoms. The largest absolute Gasteiger partial charge is 0.330 e. The summed E-state index contributed by atoms with van der Waals surface area (Å²) in [7, 11) is 0. The van der Waals surface area contributed by atoms with Crippen LogP contribution in [-0.4, -0.2) is 57.6 Å². The summed E-state index contributed by atoms with van der Waals surface area (Å²) in [5.41, 5.74) is 3.97. The molecule has 3 atom stereocenters. The van der Waals surface area contributed by atoms with Crippen molar-refractivity contribution in [2.24, 2.45) is 5.92 Å². The van der Waals surface area contributed by atoms with Crippen LogP contribution in [-0.2, 0) is 20.8 Å². The first-order valence-electron chi connectivity index (χ1n) is 13.1. The number of rotatable bonds is 7. The molecular formula is C31H33N3O3. The van der Waals surface area contributed by atoms with Gasteiger partial charge in [0.1, 0.15) is 6.04 Å². The molecule has 3 unspecified atom stereocenters. The average Bonchev–Trinajstić information content (AvgIpc) is 3.49. The SMILES string of the molecule is CC(C)CC(C(=O)N1CCC2C1C(=O)CN2C(=O)Cc1cccnc1)c1cccc(-c2ccccc2)c1. The van der Waals surface area contributed by atoms with Gasteiger partial charge in [0.05, 0.1) is 24.9 Å². The Morgan fingerprint density at radius 1 is 0.973 bits per heavy atom. The molecular weight excluding hydrogens is 462 g/mol. The number of amides is 2. The third-order valence-electron chi connectivity index (χ3n) is 7.51. The lowest BCUT2D eigenvalue weighted by molar-refractivity contribution is -0.138. The van der Waals surface area contributed by atoms with E-state index in [0.717, 1.165) is 22.3 Å². The van der Waals surface area contributed by atoms with E-state index in [4.69, 9.17) is 0 Å². The van der Waals surface area contributed by atoms with Crippen molar-refractivity contribution < 1.29 is 14.4 Å². The molecule has 0 N–H and O–H groups in total. The molecule has 2 saturated heterocycles. The summed E-state index contributed by atoms with van der Waals surface area (Å²) in [5.74, 6) is -0.171. The lowest BCUT2D eigenvalue weighted by Gasteiger charge is -2.29. The van der Waals surface area contributed by atoms with Gasteiger partial charge in [0.25, 0.3) is 0 Å². The van der Waals surface area contributed by atoms with E-state index in [1.54, 1.807) is 28.3 Å². The van der Waals surface area contributed by atoms with Crippen LogP contribution in [0, 0.1) is 5.92 Å². The maximum atomic E-state index is 14.0. The summed E-state index contributed by atoms with van der Waals surface area (Å²) >= 11 is 0. The lowest BCUT2D eigenvalue weighted by Crippen LogP contribution is -2.45. The van der Waals surface area contributed by atoms with Crippen molar-refractivity contribution in [2.45, 2.75) is 51.1 Å². The van der Waals surface area contributed by atoms with Crippen molar-refractivity contribution in [1.82, 2.24) is 14.8 Å². The van der Waals surface area contributed by atoms with E-state index in [1.165, 1.54) is 0 Å². The van der Waals surface area contributed by atoms with Crippen LogP contribution < -0.4 is 0 Å². The lowest BCUT2D eigenvalue weighted by atomic mass is 9.87. The highest BCUT2D eigenvalue weighted by atomic mass is 16.2. The monoisotopic (exact) mass is 495 g/mol. The zero-order chi connectivity index (χ0) is 25.9. The average molecular weight is 496 g/mol. The number of hydrogen-bond acceptors (Lipinski definition) is 4. The van der Waals surface area contributed by atoms with Gasteiger partial charge in [0.15, 0.2) is 5.78 Å². The fraction of sp³-hybridized carbons (Fsp3) is 0.355. The highest BCUT2D eigenvalue weighted by Gasteiger charge is 2.52. The van der Waals surface area contributed by atoms with Crippen LogP contribution in [0.1, 0.15) is 43.7 Å². The Balaban J connectivity index is 1.37. The number of carbonyl (C=O) groups is 3. The predicted molar refractivity (Wildman–Crippen MR) is 143 cm³/mol. The molecule has 0 bridgehead atoms. The van der Waals surface area contributed by atoms with Gasteiger partial charge in [-0.3, -0.25) is 19.4 Å². The van der Waals surface area contributed by atoms with Crippen LogP contribution in [0.15, 0.2) is 79.1 Å². The molecule has 2 aliphatic rings. The molecule has 2 aromatic carbocycles. The summed E-state index contributed by atoms with van der Waals surface area (Å²) in [6, 6.07) is 21.2. The number of hydrogen-bond donors (Lipinski definition) is 0. The molecule has 2 amide bonds. The molecule has 3 heterocycles. The van der Waals surface area contributed by atoms with Gasteiger partial charge in [-0.15, -0.1) is 0 Å². The van der Waals surface area contributed by atoms with Crippen LogP contribution in [0.25, 0.3) is 11.1 Å². The first kappa shape index (κ1) is 24.9. The second kappa shape index (κ2) is 10.7. The molecule has 0 spiro atoms. The van der Waals surface area contributed by atoms with E-state index in [1.807, 2.05) is 36.4 Å². The number of ketones is 1. The third-order valence-corrected chi connectivity index (χ3v) is 7.51. The molecule has 0 aliphatic carbocycles. The summed E-state index contributed by atoms with van der Waals surface area (Å²) < 4.78 is 0. The Bertz CT molecular complexity index is 1280. The minimum absolute atomic E-state index is 0.0127. The molecule has 3 aromatic rings. The van der Waals surface area contributed by atoms with Crippen molar-refractivity contribution in [2.75, 3.05) is 13.1 Å². The Morgan fingerprint density at radius 2 is 1.76 bits per heavy atom. The molecule has 6 heteroatoms. The number of pyridine rings is 1. The van der Waals surface area contributed by atoms with E-state index in [-0.39, 0.29) is 42.5 Å². The molecule has 0 radical (unpaired) electrons. The van der Waals surface area contributed by atoms with Crippen LogP contribution in [0.5, 0.6) is 0 Å². The standard InChI is InChI=1S/C31H33N3O3/c1-21(2)16-26(25-12-6-11-24(18-25)23-9-4-3-5-10-23)31(37)33-15-13-27-30(33)28(35)20-34(27)29(36)17-22-8-7-14-32-19-22/h3-12,14,18-19,21,26-27,30H,13,15-17,20H2,1-2H3. The van der Waals surface area contributed by atoms with Gasteiger partial charge in [-0.05, 0) is 47.1 Å². The Labute approximate surface area is 218 Å². The van der Waals surface area contributed by atoms with Crippen molar-refractivity contribution in [1.29, 1.82) is 0 Å². The normalized spacial score (nSPS) is 19.8. The Kier molecular flexibility index (Phi) is 7.17. The van der Waals surface area contributed by atoms with Crippen molar-refractivity contribution >= 4 is 17.6 Å². The smallest absolute Gasteiger partial charge is 0.230 e. The van der Waals surface area contributed by atoms with Gasteiger partial charge in [0.2, 0.25) is 11.8 Å². The van der Waals surface area contributed by atoms with E-state index in [9.17, 15) is 14.4 Å². The molecule has 6 nitrogen and oxygen atoms in total. The molecule has 1 aromatic heterocycles. The number of aromatic nitrogens is 1. The summed E-state index contributed by atoms with van der Waals surface area (Å²) in [6.45, 7) is 4.79. The van der Waals surface area contributed by atoms with Crippen molar-refractivity contribution in [3.8, 4) is 11.1 Å². The van der Waals surface area contributed by atoms with E-state index < -0.39 is 6.04 Å². The zero-order valence-electron chi connectivity index (χ0n) is 21.4. The topological polar surface area (TPSA) is 70.6 Å². The van der Waals surface area contributed by atoms with Gasteiger partial charge in [-0.25, -0.2) is 0 Å². The van der Waals surface area contributed by atoms with Gasteiger partial charge in [0, 0.05) is 18.9 Å². The van der Waals surface area contributed by atoms with Gasteiger partial charge in [-0.1, -0.05) is 74.5 Å². The first-order valence-corrected chi connectivity index (χ1v) is 13.1. The molecule has 2 aliphatic heterocycles. The van der Waals surface area contributed by atoms with Gasteiger partial charge < -0.3 is 9.80 Å². The first-order chi connectivity index (χ1) is 17.9. The summed E-state index contributed by atoms with van der Waals surface area (Å²) in [6.07, 6.45) is 4.88. The number of benzene rings is 2. The van der Waals surface area contributed by atoms with Gasteiger partial charge >= 0.3 is 0 Å². The Morgan fingerprint density at radius 3 is 2.49 bits per heavy atom. The highest BCUT2D eigenvalue weighted by molar-refractivity contribution is 5.98. The predicted octanol–water partition coefficient (Wildman–Crippen LogP) is 4.50. The van der Waals surface area contributed by atoms with E-state index in [0.29, 0.717) is 25.3 Å². The number of carbonyl (C=O) groups excluding carboxylic acids is 3. The quantitative estimate of drug-likeness (QED) is 0.484. The minimum Gasteiger partial charge on any atom is -0.330 e. The number of fused-ring (bicyclic) bond motifs is 1. The molecule has 2 fully saturated rings. The van der Waals surface area contributed by atoms with E-state index >= 15 is 0 Å². The zero-order valence-corrected chi connectivity index (χ0v) is 21.4. The Hall–Kier alpha value is -3.80. The van der Waals surface area contributed by atoms with Crippen LogP contribution in [0.4, 0.5) is 0 Å². The maximum Gasteiger partial charge on any atom is 0.230 e. The minimum atomic E-state index is -0.558. The van der Waals surface area contributed by atoms with Crippen molar-refractivity contribution in [3.05, 3.63) is 90.3 Å². The highest BCUT2D eigenvalue weighted by Crippen LogP contribution is 2.36. The second-order valence-electron chi connectivity index (χ2n) is 10.5. The number of nitrogens with zero attached hydrogens (tertiary/aromatic N) is 3. The van der Waals surface area contributed by atoms with E-state index in [2.05, 4.69) is 43.1 Å². The molecule has 190 valence electrons. The van der Waals surface area contributed by atoms with Crippen LogP contribution >= 0.6 is 0 Å². The van der Waals surface area contributed by atoms with Crippen LogP contribution in [0.2, 0.25) is 0 Å². The fourth-order valence-corrected chi connectivity index (χ4v) is 5.79. The summed E-state index contributed by atoms with van der Waals surface area (Å²) in [4.78, 5) is 47.8. The van der Waals surface area contributed by atoms with Gasteiger partial charge in [-0.2, -0.15) is 0 Å². The summed E-state index contributed by atoms with van der Waals surface area (Å²) in [5, 5.41) is 0. The molecule has 0 saturated carbocycles. The fourth-order valence-electron chi connectivity index (χ4n) is 5.79. The number of Topliss-reactive ketones (excluding diaryl/α,β-unsaturated/α-hetero) is 1.